The summed E-state index contributed by atoms with van der Waals surface area (Å²) in [5, 5.41) is 6.92. The normalized spacial score (nSPS) is 17.6. The van der Waals surface area contributed by atoms with Crippen LogP contribution in [0.5, 0.6) is 0 Å². The molecule has 1 aromatic heterocycles. The SMILES string of the molecule is Cc1cc(N=O)nn1CCN1CCOCC1. The van der Waals surface area contributed by atoms with Gasteiger partial charge in [-0.05, 0) is 12.1 Å². The summed E-state index contributed by atoms with van der Waals surface area (Å²) in [5.41, 5.74) is 0.975. The zero-order valence-corrected chi connectivity index (χ0v) is 9.43. The first kappa shape index (κ1) is 11.2. The highest BCUT2D eigenvalue weighted by Gasteiger charge is 2.11. The van der Waals surface area contributed by atoms with Crippen molar-refractivity contribution in [1.82, 2.24) is 14.7 Å². The van der Waals surface area contributed by atoms with Crippen LogP contribution in [0.15, 0.2) is 11.2 Å². The van der Waals surface area contributed by atoms with E-state index in [4.69, 9.17) is 4.74 Å². The van der Waals surface area contributed by atoms with E-state index in [-0.39, 0.29) is 5.82 Å². The summed E-state index contributed by atoms with van der Waals surface area (Å²) in [6.45, 7) is 7.21. The Bertz CT molecular complexity index is 358. The molecule has 0 saturated carbocycles. The number of morpholine rings is 1. The first-order chi connectivity index (χ1) is 7.79. The summed E-state index contributed by atoms with van der Waals surface area (Å²) < 4.78 is 7.10. The van der Waals surface area contributed by atoms with Gasteiger partial charge in [-0.2, -0.15) is 0 Å². The molecule has 2 heterocycles. The van der Waals surface area contributed by atoms with Crippen LogP contribution in [0, 0.1) is 11.8 Å². The van der Waals surface area contributed by atoms with Crippen LogP contribution in [-0.2, 0) is 11.3 Å². The van der Waals surface area contributed by atoms with Gasteiger partial charge < -0.3 is 4.74 Å². The van der Waals surface area contributed by atoms with Gasteiger partial charge in [-0.15, -0.1) is 10.0 Å². The van der Waals surface area contributed by atoms with E-state index in [9.17, 15) is 4.91 Å². The van der Waals surface area contributed by atoms with E-state index in [2.05, 4.69) is 15.2 Å². The molecule has 1 aromatic rings. The number of ether oxygens (including phenoxy) is 1. The molecule has 0 N–H and O–H groups in total. The molecule has 0 aliphatic carbocycles. The summed E-state index contributed by atoms with van der Waals surface area (Å²) in [6.07, 6.45) is 0. The van der Waals surface area contributed by atoms with Crippen LogP contribution in [0.1, 0.15) is 5.69 Å². The zero-order valence-electron chi connectivity index (χ0n) is 9.43. The summed E-state index contributed by atoms with van der Waals surface area (Å²) in [5.74, 6) is 0.263. The van der Waals surface area contributed by atoms with Gasteiger partial charge in [-0.25, -0.2) is 0 Å². The maximum atomic E-state index is 10.3. The predicted octanol–water partition coefficient (Wildman–Crippen LogP) is 0.922. The molecule has 0 spiro atoms. The second-order valence-corrected chi connectivity index (χ2v) is 3.91. The Labute approximate surface area is 94.2 Å². The standard InChI is InChI=1S/C10H16N4O2/c1-9-8-10(12-15)11-14(9)3-2-13-4-6-16-7-5-13/h8H,2-7H2,1H3. The molecule has 88 valence electrons. The van der Waals surface area contributed by atoms with Crippen molar-refractivity contribution in [2.45, 2.75) is 13.5 Å². The lowest BCUT2D eigenvalue weighted by atomic mass is 10.4. The van der Waals surface area contributed by atoms with E-state index >= 15 is 0 Å². The van der Waals surface area contributed by atoms with E-state index in [0.29, 0.717) is 0 Å². The molecular weight excluding hydrogens is 208 g/mol. The largest absolute Gasteiger partial charge is 0.379 e. The maximum Gasteiger partial charge on any atom is 0.217 e. The van der Waals surface area contributed by atoms with Crippen LogP contribution >= 0.6 is 0 Å². The Kier molecular flexibility index (Phi) is 3.63. The molecule has 0 atom stereocenters. The van der Waals surface area contributed by atoms with Crippen LogP contribution in [0.25, 0.3) is 0 Å². The summed E-state index contributed by atoms with van der Waals surface area (Å²) in [6, 6.07) is 1.70. The molecule has 2 rings (SSSR count). The Balaban J connectivity index is 1.88. The van der Waals surface area contributed by atoms with Crippen LogP contribution in [-0.4, -0.2) is 47.5 Å². The minimum absolute atomic E-state index is 0.263. The topological polar surface area (TPSA) is 59.7 Å². The van der Waals surface area contributed by atoms with Crippen molar-refractivity contribution in [2.75, 3.05) is 32.8 Å². The van der Waals surface area contributed by atoms with Crippen molar-refractivity contribution >= 4 is 5.82 Å². The number of aromatic nitrogens is 2. The van der Waals surface area contributed by atoms with Gasteiger partial charge in [-0.3, -0.25) is 9.58 Å². The molecular formula is C10H16N4O2. The summed E-state index contributed by atoms with van der Waals surface area (Å²) in [4.78, 5) is 12.7. The lowest BCUT2D eigenvalue weighted by Gasteiger charge is -2.26. The Morgan fingerprint density at radius 1 is 1.44 bits per heavy atom. The smallest absolute Gasteiger partial charge is 0.217 e. The Morgan fingerprint density at radius 2 is 2.19 bits per heavy atom. The van der Waals surface area contributed by atoms with Crippen molar-refractivity contribution in [3.8, 4) is 0 Å². The molecule has 16 heavy (non-hydrogen) atoms. The summed E-state index contributed by atoms with van der Waals surface area (Å²) in [7, 11) is 0. The van der Waals surface area contributed by atoms with E-state index in [1.165, 1.54) is 0 Å². The molecule has 0 radical (unpaired) electrons. The Hall–Kier alpha value is -1.27. The van der Waals surface area contributed by atoms with Gasteiger partial charge in [0.25, 0.3) is 0 Å². The van der Waals surface area contributed by atoms with Gasteiger partial charge in [0.05, 0.1) is 19.8 Å². The highest BCUT2D eigenvalue weighted by atomic mass is 16.5. The monoisotopic (exact) mass is 224 g/mol. The quantitative estimate of drug-likeness (QED) is 0.713. The van der Waals surface area contributed by atoms with E-state index in [1.807, 2.05) is 11.6 Å². The molecule has 1 fully saturated rings. The number of hydrogen-bond donors (Lipinski definition) is 0. The summed E-state index contributed by atoms with van der Waals surface area (Å²) >= 11 is 0. The lowest BCUT2D eigenvalue weighted by molar-refractivity contribution is 0.0359. The molecule has 6 nitrogen and oxygen atoms in total. The van der Waals surface area contributed by atoms with Gasteiger partial charge in [-0.1, -0.05) is 0 Å². The fourth-order valence-corrected chi connectivity index (χ4v) is 1.82. The third-order valence-corrected chi connectivity index (χ3v) is 2.79. The highest BCUT2D eigenvalue weighted by molar-refractivity contribution is 5.27. The third kappa shape index (κ3) is 2.65. The lowest BCUT2D eigenvalue weighted by Crippen LogP contribution is -2.38. The van der Waals surface area contributed by atoms with Gasteiger partial charge in [0, 0.05) is 31.4 Å². The second kappa shape index (κ2) is 5.18. The third-order valence-electron chi connectivity index (χ3n) is 2.79. The number of hydrogen-bond acceptors (Lipinski definition) is 5. The van der Waals surface area contributed by atoms with Gasteiger partial charge >= 0.3 is 0 Å². The van der Waals surface area contributed by atoms with Gasteiger partial charge in [0.15, 0.2) is 0 Å². The predicted molar refractivity (Wildman–Crippen MR) is 59.7 cm³/mol. The number of nitrogens with zero attached hydrogens (tertiary/aromatic N) is 4. The van der Waals surface area contributed by atoms with Crippen LogP contribution in [0.4, 0.5) is 5.82 Å². The average Bonchev–Trinajstić information content (AvgIpc) is 2.69. The molecule has 1 saturated heterocycles. The number of aryl methyl sites for hydroxylation is 1. The van der Waals surface area contributed by atoms with Crippen molar-refractivity contribution in [2.24, 2.45) is 5.18 Å². The van der Waals surface area contributed by atoms with Gasteiger partial charge in [0.1, 0.15) is 0 Å². The molecule has 0 amide bonds. The molecule has 0 unspecified atom stereocenters. The highest BCUT2D eigenvalue weighted by Crippen LogP contribution is 2.11. The van der Waals surface area contributed by atoms with E-state index in [1.54, 1.807) is 6.07 Å². The van der Waals surface area contributed by atoms with Crippen LogP contribution in [0.2, 0.25) is 0 Å². The van der Waals surface area contributed by atoms with E-state index < -0.39 is 0 Å². The molecule has 0 bridgehead atoms. The Morgan fingerprint density at radius 3 is 2.81 bits per heavy atom. The molecule has 1 aliphatic heterocycles. The first-order valence-electron chi connectivity index (χ1n) is 5.47. The minimum atomic E-state index is 0.263. The van der Waals surface area contributed by atoms with Gasteiger partial charge in [0.2, 0.25) is 5.82 Å². The zero-order chi connectivity index (χ0) is 11.4. The average molecular weight is 224 g/mol. The van der Waals surface area contributed by atoms with Crippen molar-refractivity contribution in [3.63, 3.8) is 0 Å². The molecule has 6 heteroatoms. The van der Waals surface area contributed by atoms with Crippen LogP contribution < -0.4 is 0 Å². The second-order valence-electron chi connectivity index (χ2n) is 3.91. The number of nitroso groups, excluding NO2 is 1. The fraction of sp³-hybridized carbons (Fsp3) is 0.700. The van der Waals surface area contributed by atoms with E-state index in [0.717, 1.165) is 45.1 Å². The molecule has 0 aromatic carbocycles. The first-order valence-corrected chi connectivity index (χ1v) is 5.47. The van der Waals surface area contributed by atoms with Crippen molar-refractivity contribution in [3.05, 3.63) is 16.7 Å². The minimum Gasteiger partial charge on any atom is -0.379 e. The maximum absolute atomic E-state index is 10.3. The van der Waals surface area contributed by atoms with Crippen LogP contribution in [0.3, 0.4) is 0 Å². The van der Waals surface area contributed by atoms with Crippen molar-refractivity contribution in [1.29, 1.82) is 0 Å². The fourth-order valence-electron chi connectivity index (χ4n) is 1.82. The molecule has 1 aliphatic rings. The number of rotatable bonds is 4. The van der Waals surface area contributed by atoms with Crippen molar-refractivity contribution < 1.29 is 4.74 Å².